The quantitative estimate of drug-likeness (QED) is 0.391. The van der Waals surface area contributed by atoms with E-state index < -0.39 is 20.7 Å². The van der Waals surface area contributed by atoms with Gasteiger partial charge >= 0.3 is 5.97 Å². The number of nitrogens with zero attached hydrogens (tertiary/aromatic N) is 2. The predicted molar refractivity (Wildman–Crippen MR) is 126 cm³/mol. The lowest BCUT2D eigenvalue weighted by molar-refractivity contribution is -0.134. The number of nitrogens with two attached hydrogens (primary N) is 1. The van der Waals surface area contributed by atoms with Crippen LogP contribution in [-0.4, -0.2) is 36.0 Å². The number of anilines is 1. The number of benzene rings is 1. The van der Waals surface area contributed by atoms with Crippen molar-refractivity contribution in [2.24, 2.45) is 5.73 Å². The zero-order chi connectivity index (χ0) is 23.9. The highest BCUT2D eigenvalue weighted by Gasteiger charge is 2.45. The summed E-state index contributed by atoms with van der Waals surface area (Å²) >= 11 is 0. The van der Waals surface area contributed by atoms with Crippen molar-refractivity contribution >= 4 is 21.6 Å². The van der Waals surface area contributed by atoms with Crippen molar-refractivity contribution in [3.05, 3.63) is 83.7 Å². The minimum atomic E-state index is -4.17. The van der Waals surface area contributed by atoms with Crippen LogP contribution >= 0.6 is 0 Å². The van der Waals surface area contributed by atoms with E-state index in [1.54, 1.807) is 24.3 Å². The number of hydrogen-bond acceptors (Lipinski definition) is 7. The molecule has 2 aromatic heterocycles. The number of nitrogens with one attached hydrogen (secondary N) is 1. The number of aromatic nitrogens is 2. The molecule has 174 valence electrons. The number of hydrogen-bond donors (Lipinski definition) is 3. The summed E-state index contributed by atoms with van der Waals surface area (Å²) < 4.78 is 27.5. The fraction of sp³-hybridized carbons (Fsp3) is 0.292. The SMILES string of the molecule is CCCCc1cccc(CC(N)(c2cccc(NCC(=O)O)n2)S(=O)(=O)c2ccccn2)c1. The normalized spacial score (nSPS) is 13.3. The average molecular weight is 469 g/mol. The molecule has 3 rings (SSSR count). The summed E-state index contributed by atoms with van der Waals surface area (Å²) in [6.07, 6.45) is 4.35. The van der Waals surface area contributed by atoms with E-state index in [-0.39, 0.29) is 29.5 Å². The fourth-order valence-corrected chi connectivity index (χ4v) is 5.11. The Balaban J connectivity index is 2.08. The molecular formula is C24H28N4O4S. The first kappa shape index (κ1) is 24.3. The van der Waals surface area contributed by atoms with Gasteiger partial charge in [-0.05, 0) is 48.2 Å². The largest absolute Gasteiger partial charge is 0.480 e. The molecule has 0 saturated carbocycles. The van der Waals surface area contributed by atoms with Gasteiger partial charge in [-0.2, -0.15) is 0 Å². The molecule has 2 heterocycles. The third kappa shape index (κ3) is 5.74. The van der Waals surface area contributed by atoms with Crippen LogP contribution in [0.2, 0.25) is 0 Å². The molecule has 33 heavy (non-hydrogen) atoms. The van der Waals surface area contributed by atoms with E-state index >= 15 is 0 Å². The molecule has 3 aromatic rings. The minimum absolute atomic E-state index is 0.0265. The van der Waals surface area contributed by atoms with E-state index in [4.69, 9.17) is 10.8 Å². The van der Waals surface area contributed by atoms with E-state index in [0.29, 0.717) is 0 Å². The van der Waals surface area contributed by atoms with Gasteiger partial charge in [0.05, 0.1) is 5.69 Å². The maximum Gasteiger partial charge on any atom is 0.322 e. The highest BCUT2D eigenvalue weighted by atomic mass is 32.2. The summed E-state index contributed by atoms with van der Waals surface area (Å²) in [5, 5.41) is 11.5. The van der Waals surface area contributed by atoms with Gasteiger partial charge in [-0.3, -0.25) is 4.79 Å². The van der Waals surface area contributed by atoms with Gasteiger partial charge < -0.3 is 16.2 Å². The molecule has 1 atom stereocenters. The second kappa shape index (κ2) is 10.5. The van der Waals surface area contributed by atoms with Crippen molar-refractivity contribution in [3.63, 3.8) is 0 Å². The number of carboxylic acids is 1. The van der Waals surface area contributed by atoms with Crippen LogP contribution in [0.4, 0.5) is 5.82 Å². The van der Waals surface area contributed by atoms with Crippen LogP contribution < -0.4 is 11.1 Å². The Kier molecular flexibility index (Phi) is 7.78. The molecule has 0 fully saturated rings. The number of sulfone groups is 1. The van der Waals surface area contributed by atoms with Crippen LogP contribution in [0.1, 0.15) is 36.6 Å². The van der Waals surface area contributed by atoms with Gasteiger partial charge in [-0.25, -0.2) is 18.4 Å². The van der Waals surface area contributed by atoms with Gasteiger partial charge in [0.1, 0.15) is 12.4 Å². The van der Waals surface area contributed by atoms with Crippen LogP contribution in [0.3, 0.4) is 0 Å². The zero-order valence-electron chi connectivity index (χ0n) is 18.4. The van der Waals surface area contributed by atoms with Crippen molar-refractivity contribution < 1.29 is 18.3 Å². The van der Waals surface area contributed by atoms with E-state index in [2.05, 4.69) is 22.2 Å². The summed E-state index contributed by atoms with van der Waals surface area (Å²) in [4.78, 5) is 17.4. The standard InChI is InChI=1S/C24H28N4O4S/c1-2-3-8-18-9-6-10-19(15-18)16-24(25,33(31,32)22-13-4-5-14-26-22)20-11-7-12-21(28-20)27-17-23(29)30/h4-7,9-15H,2-3,8,16-17,25H2,1H3,(H,27,28)(H,29,30). The Morgan fingerprint density at radius 1 is 1.09 bits per heavy atom. The zero-order valence-corrected chi connectivity index (χ0v) is 19.3. The molecule has 0 aliphatic carbocycles. The number of carboxylic acid groups (broad SMARTS) is 1. The summed E-state index contributed by atoms with van der Waals surface area (Å²) in [6.45, 7) is 1.76. The minimum Gasteiger partial charge on any atom is -0.480 e. The molecular weight excluding hydrogens is 440 g/mol. The van der Waals surface area contributed by atoms with Crippen LogP contribution in [0.5, 0.6) is 0 Å². The van der Waals surface area contributed by atoms with Gasteiger partial charge in [-0.15, -0.1) is 0 Å². The smallest absolute Gasteiger partial charge is 0.322 e. The van der Waals surface area contributed by atoms with Crippen molar-refractivity contribution in [1.29, 1.82) is 0 Å². The molecule has 0 aliphatic heterocycles. The van der Waals surface area contributed by atoms with Gasteiger partial charge in [0.25, 0.3) is 0 Å². The lowest BCUT2D eigenvalue weighted by atomic mass is 9.99. The van der Waals surface area contributed by atoms with Gasteiger partial charge in [0.15, 0.2) is 9.90 Å². The molecule has 9 heteroatoms. The number of unbranched alkanes of at least 4 members (excludes halogenated alkanes) is 1. The first-order valence-electron chi connectivity index (χ1n) is 10.7. The van der Waals surface area contributed by atoms with Crippen LogP contribution in [0.15, 0.2) is 71.9 Å². The number of pyridine rings is 2. The molecule has 0 spiro atoms. The van der Waals surface area contributed by atoms with Crippen LogP contribution in [0, 0.1) is 0 Å². The lowest BCUT2D eigenvalue weighted by Crippen LogP contribution is -2.47. The topological polar surface area (TPSA) is 135 Å². The third-order valence-corrected chi connectivity index (χ3v) is 7.38. The monoisotopic (exact) mass is 468 g/mol. The number of aliphatic carboxylic acids is 1. The number of carbonyl (C=O) groups is 1. The summed E-state index contributed by atoms with van der Waals surface area (Å²) in [5.41, 5.74) is 8.67. The Bertz CT molecular complexity index is 1200. The molecule has 8 nitrogen and oxygen atoms in total. The molecule has 0 saturated heterocycles. The van der Waals surface area contributed by atoms with Crippen LogP contribution in [-0.2, 0) is 32.3 Å². The summed E-state index contributed by atoms with van der Waals surface area (Å²) in [7, 11) is -4.17. The summed E-state index contributed by atoms with van der Waals surface area (Å²) in [5.74, 6) is -0.844. The Labute approximate surface area is 193 Å². The molecule has 0 aliphatic rings. The van der Waals surface area contributed by atoms with Gasteiger partial charge in [0.2, 0.25) is 9.84 Å². The van der Waals surface area contributed by atoms with E-state index in [0.717, 1.165) is 30.4 Å². The average Bonchev–Trinajstić information content (AvgIpc) is 2.82. The van der Waals surface area contributed by atoms with Crippen LogP contribution in [0.25, 0.3) is 0 Å². The van der Waals surface area contributed by atoms with Gasteiger partial charge in [0, 0.05) is 12.6 Å². The van der Waals surface area contributed by atoms with Crippen molar-refractivity contribution in [2.45, 2.75) is 42.5 Å². The molecule has 0 bridgehead atoms. The second-order valence-corrected chi connectivity index (χ2v) is 9.97. The molecule has 4 N–H and O–H groups in total. The van der Waals surface area contributed by atoms with Crippen molar-refractivity contribution in [2.75, 3.05) is 11.9 Å². The lowest BCUT2D eigenvalue weighted by Gasteiger charge is -2.29. The highest BCUT2D eigenvalue weighted by Crippen LogP contribution is 2.33. The molecule has 1 unspecified atom stereocenters. The second-order valence-electron chi connectivity index (χ2n) is 7.82. The molecule has 0 amide bonds. The fourth-order valence-electron chi connectivity index (χ4n) is 3.53. The molecule has 1 aromatic carbocycles. The maximum absolute atomic E-state index is 13.8. The maximum atomic E-state index is 13.8. The van der Waals surface area contributed by atoms with E-state index in [1.807, 2.05) is 24.3 Å². The molecule has 0 radical (unpaired) electrons. The Morgan fingerprint density at radius 3 is 2.55 bits per heavy atom. The van der Waals surface area contributed by atoms with Crippen molar-refractivity contribution in [1.82, 2.24) is 9.97 Å². The number of rotatable bonds is 11. The first-order valence-corrected chi connectivity index (χ1v) is 12.2. The Hall–Kier alpha value is -3.30. The highest BCUT2D eigenvalue weighted by molar-refractivity contribution is 7.92. The number of aryl methyl sites for hydroxylation is 1. The van der Waals surface area contributed by atoms with E-state index in [1.165, 1.54) is 18.3 Å². The predicted octanol–water partition coefficient (Wildman–Crippen LogP) is 3.14. The van der Waals surface area contributed by atoms with Gasteiger partial charge in [-0.1, -0.05) is 49.7 Å². The first-order chi connectivity index (χ1) is 15.8. The van der Waals surface area contributed by atoms with Crippen molar-refractivity contribution in [3.8, 4) is 0 Å². The third-order valence-electron chi connectivity index (χ3n) is 5.27. The Morgan fingerprint density at radius 2 is 1.85 bits per heavy atom. The van der Waals surface area contributed by atoms with E-state index in [9.17, 15) is 13.2 Å². The summed E-state index contributed by atoms with van der Waals surface area (Å²) in [6, 6.07) is 17.0.